The maximum atomic E-state index is 10.7. The quantitative estimate of drug-likeness (QED) is 0.797. The monoisotopic (exact) mass is 308 g/mol. The molecule has 0 amide bonds. The van der Waals surface area contributed by atoms with E-state index in [9.17, 15) is 5.11 Å². The van der Waals surface area contributed by atoms with E-state index in [2.05, 4.69) is 19.9 Å². The largest absolute Gasteiger partial charge is 0.384 e. The third-order valence-electron chi connectivity index (χ3n) is 3.96. The lowest BCUT2D eigenvalue weighted by molar-refractivity contribution is 0.218. The van der Waals surface area contributed by atoms with Gasteiger partial charge >= 0.3 is 0 Å². The highest BCUT2D eigenvalue weighted by atomic mass is 35.5. The number of aliphatic hydroxyl groups is 1. The van der Waals surface area contributed by atoms with Crippen molar-refractivity contribution in [2.75, 3.05) is 0 Å². The molecule has 1 unspecified atom stereocenters. The van der Waals surface area contributed by atoms with Gasteiger partial charge in [0.25, 0.3) is 0 Å². The Kier molecular flexibility index (Phi) is 4.43. The first-order chi connectivity index (χ1) is 9.32. The van der Waals surface area contributed by atoms with Crippen molar-refractivity contribution in [3.8, 4) is 0 Å². The van der Waals surface area contributed by atoms with Gasteiger partial charge in [0, 0.05) is 0 Å². The first-order valence-corrected chi connectivity index (χ1v) is 7.28. The number of benzene rings is 2. The van der Waals surface area contributed by atoms with Gasteiger partial charge in [0.15, 0.2) is 0 Å². The summed E-state index contributed by atoms with van der Waals surface area (Å²) in [5, 5.41) is 11.7. The lowest BCUT2D eigenvalue weighted by Crippen LogP contribution is -2.07. The minimum atomic E-state index is -0.691. The van der Waals surface area contributed by atoms with Gasteiger partial charge in [0.05, 0.1) is 10.0 Å². The summed E-state index contributed by atoms with van der Waals surface area (Å²) in [6.45, 7) is 8.20. The Bertz CT molecular complexity index is 636. The molecule has 2 aromatic carbocycles. The zero-order valence-corrected chi connectivity index (χ0v) is 13.6. The maximum absolute atomic E-state index is 10.7. The third-order valence-corrected chi connectivity index (χ3v) is 4.70. The maximum Gasteiger partial charge on any atom is 0.105 e. The highest BCUT2D eigenvalue weighted by Crippen LogP contribution is 2.33. The van der Waals surface area contributed by atoms with E-state index < -0.39 is 6.10 Å². The molecule has 0 saturated carbocycles. The lowest BCUT2D eigenvalue weighted by atomic mass is 9.88. The van der Waals surface area contributed by atoms with E-state index in [1.165, 1.54) is 11.1 Å². The van der Waals surface area contributed by atoms with E-state index in [1.54, 1.807) is 12.1 Å². The number of hydrogen-bond donors (Lipinski definition) is 1. The average molecular weight is 309 g/mol. The molecule has 2 rings (SSSR count). The van der Waals surface area contributed by atoms with Crippen molar-refractivity contribution < 1.29 is 5.11 Å². The molecule has 2 aromatic rings. The van der Waals surface area contributed by atoms with Crippen LogP contribution < -0.4 is 0 Å². The van der Waals surface area contributed by atoms with Crippen LogP contribution in [0.2, 0.25) is 10.0 Å². The smallest absolute Gasteiger partial charge is 0.105 e. The van der Waals surface area contributed by atoms with Crippen LogP contribution in [0.15, 0.2) is 24.3 Å². The van der Waals surface area contributed by atoms with E-state index in [-0.39, 0.29) is 0 Å². The summed E-state index contributed by atoms with van der Waals surface area (Å²) in [5.74, 6) is 0. The van der Waals surface area contributed by atoms with Gasteiger partial charge in [-0.1, -0.05) is 35.3 Å². The summed E-state index contributed by atoms with van der Waals surface area (Å²) in [6, 6.07) is 7.41. The molecule has 106 valence electrons. The molecular formula is C17H18Cl2O. The molecule has 0 aliphatic rings. The van der Waals surface area contributed by atoms with Crippen molar-refractivity contribution >= 4 is 23.2 Å². The molecule has 0 bridgehead atoms. The summed E-state index contributed by atoms with van der Waals surface area (Å²) < 4.78 is 0. The molecule has 0 spiro atoms. The van der Waals surface area contributed by atoms with Crippen LogP contribution in [0.4, 0.5) is 0 Å². The Labute approximate surface area is 130 Å². The Morgan fingerprint density at radius 3 is 1.90 bits per heavy atom. The van der Waals surface area contributed by atoms with Crippen LogP contribution in [0.3, 0.4) is 0 Å². The molecule has 0 aromatic heterocycles. The van der Waals surface area contributed by atoms with Crippen LogP contribution >= 0.6 is 23.2 Å². The van der Waals surface area contributed by atoms with Crippen LogP contribution in [0, 0.1) is 27.7 Å². The summed E-state index contributed by atoms with van der Waals surface area (Å²) in [5.41, 5.74) is 6.32. The molecule has 1 atom stereocenters. The predicted molar refractivity (Wildman–Crippen MR) is 85.9 cm³/mol. The molecule has 0 saturated heterocycles. The van der Waals surface area contributed by atoms with Crippen LogP contribution in [0.1, 0.15) is 39.5 Å². The van der Waals surface area contributed by atoms with E-state index >= 15 is 0 Å². The van der Waals surface area contributed by atoms with Crippen molar-refractivity contribution in [2.45, 2.75) is 33.8 Å². The van der Waals surface area contributed by atoms with Gasteiger partial charge < -0.3 is 5.11 Å². The second-order valence-electron chi connectivity index (χ2n) is 5.25. The van der Waals surface area contributed by atoms with E-state index in [0.29, 0.717) is 10.0 Å². The Morgan fingerprint density at radius 1 is 0.850 bits per heavy atom. The first kappa shape index (κ1) is 15.4. The average Bonchev–Trinajstić information content (AvgIpc) is 2.40. The minimum absolute atomic E-state index is 0.461. The molecule has 0 aliphatic carbocycles. The highest BCUT2D eigenvalue weighted by Gasteiger charge is 2.18. The number of rotatable bonds is 2. The van der Waals surface area contributed by atoms with Gasteiger partial charge in [-0.15, -0.1) is 0 Å². The van der Waals surface area contributed by atoms with Crippen molar-refractivity contribution in [3.05, 3.63) is 67.7 Å². The fraction of sp³-hybridized carbons (Fsp3) is 0.294. The first-order valence-electron chi connectivity index (χ1n) is 6.53. The molecule has 20 heavy (non-hydrogen) atoms. The minimum Gasteiger partial charge on any atom is -0.384 e. The number of aliphatic hydroxyl groups excluding tert-OH is 1. The zero-order chi connectivity index (χ0) is 15.0. The van der Waals surface area contributed by atoms with Crippen molar-refractivity contribution in [1.29, 1.82) is 0 Å². The summed E-state index contributed by atoms with van der Waals surface area (Å²) >= 11 is 12.0. The molecule has 0 fully saturated rings. The predicted octanol–water partition coefficient (Wildman–Crippen LogP) is 5.31. The number of hydrogen-bond acceptors (Lipinski definition) is 1. The SMILES string of the molecule is Cc1cc(C)c(C)c(C(O)c2ccc(Cl)c(Cl)c2)c1C. The van der Waals surface area contributed by atoms with Gasteiger partial charge in [-0.2, -0.15) is 0 Å². The fourth-order valence-corrected chi connectivity index (χ4v) is 2.81. The van der Waals surface area contributed by atoms with Crippen LogP contribution in [-0.2, 0) is 0 Å². The summed E-state index contributed by atoms with van der Waals surface area (Å²) in [7, 11) is 0. The highest BCUT2D eigenvalue weighted by molar-refractivity contribution is 6.42. The van der Waals surface area contributed by atoms with Crippen LogP contribution in [0.25, 0.3) is 0 Å². The lowest BCUT2D eigenvalue weighted by Gasteiger charge is -2.21. The van der Waals surface area contributed by atoms with Gasteiger partial charge in [-0.05, 0) is 73.2 Å². The van der Waals surface area contributed by atoms with Crippen LogP contribution in [-0.4, -0.2) is 5.11 Å². The van der Waals surface area contributed by atoms with E-state index in [1.807, 2.05) is 19.9 Å². The molecule has 0 radical (unpaired) electrons. The summed E-state index contributed by atoms with van der Waals surface area (Å²) in [6.07, 6.45) is -0.691. The summed E-state index contributed by atoms with van der Waals surface area (Å²) in [4.78, 5) is 0. The molecule has 0 aliphatic heterocycles. The molecular weight excluding hydrogens is 291 g/mol. The topological polar surface area (TPSA) is 20.2 Å². The van der Waals surface area contributed by atoms with Gasteiger partial charge in [0.1, 0.15) is 6.10 Å². The van der Waals surface area contributed by atoms with Gasteiger partial charge in [0.2, 0.25) is 0 Å². The van der Waals surface area contributed by atoms with Gasteiger partial charge in [-0.3, -0.25) is 0 Å². The van der Waals surface area contributed by atoms with Crippen molar-refractivity contribution in [1.82, 2.24) is 0 Å². The fourth-order valence-electron chi connectivity index (χ4n) is 2.51. The van der Waals surface area contributed by atoms with Crippen LogP contribution in [0.5, 0.6) is 0 Å². The van der Waals surface area contributed by atoms with E-state index in [4.69, 9.17) is 23.2 Å². The number of halogens is 2. The Balaban J connectivity index is 2.58. The zero-order valence-electron chi connectivity index (χ0n) is 12.1. The van der Waals surface area contributed by atoms with E-state index in [0.717, 1.165) is 22.3 Å². The van der Waals surface area contributed by atoms with Crippen molar-refractivity contribution in [2.24, 2.45) is 0 Å². The molecule has 1 N–H and O–H groups in total. The normalized spacial score (nSPS) is 12.6. The second-order valence-corrected chi connectivity index (χ2v) is 6.06. The molecule has 1 nitrogen and oxygen atoms in total. The number of aryl methyl sites for hydroxylation is 2. The standard InChI is InChI=1S/C17H18Cl2O/c1-9-7-10(2)12(4)16(11(9)3)17(20)13-5-6-14(18)15(19)8-13/h5-8,17,20H,1-4H3. The van der Waals surface area contributed by atoms with Gasteiger partial charge in [-0.25, -0.2) is 0 Å². The molecule has 0 heterocycles. The Morgan fingerprint density at radius 2 is 1.40 bits per heavy atom. The second kappa shape index (κ2) is 5.77. The third kappa shape index (κ3) is 2.71. The van der Waals surface area contributed by atoms with Crippen molar-refractivity contribution in [3.63, 3.8) is 0 Å². The Hall–Kier alpha value is -1.02. The molecule has 3 heteroatoms.